The normalized spacial score (nSPS) is 22.9. The summed E-state index contributed by atoms with van der Waals surface area (Å²) in [5, 5.41) is 3.68. The summed E-state index contributed by atoms with van der Waals surface area (Å²) in [4.78, 5) is 0. The average Bonchev–Trinajstić information content (AvgIpc) is 2.37. The molecule has 0 radical (unpaired) electrons. The Morgan fingerprint density at radius 3 is 2.94 bits per heavy atom. The summed E-state index contributed by atoms with van der Waals surface area (Å²) in [7, 11) is 0. The van der Waals surface area contributed by atoms with E-state index in [1.807, 2.05) is 6.07 Å². The Labute approximate surface area is 104 Å². The van der Waals surface area contributed by atoms with Crippen LogP contribution in [0.3, 0.4) is 0 Å². The van der Waals surface area contributed by atoms with Gasteiger partial charge in [0.15, 0.2) is 0 Å². The van der Waals surface area contributed by atoms with Crippen LogP contribution in [0.2, 0.25) is 0 Å². The topological polar surface area (TPSA) is 21.3 Å². The Balaban J connectivity index is 2.00. The van der Waals surface area contributed by atoms with Crippen molar-refractivity contribution in [3.63, 3.8) is 0 Å². The van der Waals surface area contributed by atoms with E-state index in [0.29, 0.717) is 12.0 Å². The molecular formula is C15H23NO. The highest BCUT2D eigenvalue weighted by atomic mass is 16.5. The summed E-state index contributed by atoms with van der Waals surface area (Å²) in [6.07, 6.45) is 3.86. The average molecular weight is 233 g/mol. The molecule has 0 saturated heterocycles. The molecule has 0 aliphatic carbocycles. The van der Waals surface area contributed by atoms with E-state index in [0.717, 1.165) is 18.9 Å². The van der Waals surface area contributed by atoms with Crippen molar-refractivity contribution in [2.45, 2.75) is 39.2 Å². The summed E-state index contributed by atoms with van der Waals surface area (Å²) in [5.41, 5.74) is 1.32. The highest BCUT2D eigenvalue weighted by Gasteiger charge is 2.26. The van der Waals surface area contributed by atoms with Gasteiger partial charge in [-0.1, -0.05) is 44.9 Å². The monoisotopic (exact) mass is 233 g/mol. The van der Waals surface area contributed by atoms with E-state index in [2.05, 4.69) is 37.4 Å². The van der Waals surface area contributed by atoms with Gasteiger partial charge < -0.3 is 10.1 Å². The number of hydrogen-bond acceptors (Lipinski definition) is 2. The maximum absolute atomic E-state index is 5.75. The van der Waals surface area contributed by atoms with Crippen LogP contribution >= 0.6 is 0 Å². The number of para-hydroxylation sites is 1. The fourth-order valence-electron chi connectivity index (χ4n) is 2.44. The first-order valence-electron chi connectivity index (χ1n) is 6.78. The van der Waals surface area contributed by atoms with Crippen molar-refractivity contribution in [2.75, 3.05) is 13.2 Å². The summed E-state index contributed by atoms with van der Waals surface area (Å²) in [6, 6.07) is 8.85. The quantitative estimate of drug-likeness (QED) is 0.785. The molecule has 0 bridgehead atoms. The molecule has 0 saturated carbocycles. The van der Waals surface area contributed by atoms with Crippen molar-refractivity contribution >= 4 is 0 Å². The lowest BCUT2D eigenvalue weighted by atomic mass is 9.92. The molecule has 17 heavy (non-hydrogen) atoms. The number of benzene rings is 1. The number of fused-ring (bicyclic) bond motifs is 1. The zero-order valence-electron chi connectivity index (χ0n) is 10.9. The third-order valence-electron chi connectivity index (χ3n) is 3.47. The van der Waals surface area contributed by atoms with Gasteiger partial charge in [-0.25, -0.2) is 0 Å². The van der Waals surface area contributed by atoms with E-state index in [9.17, 15) is 0 Å². The molecule has 94 valence electrons. The second-order valence-electron chi connectivity index (χ2n) is 4.97. The fourth-order valence-corrected chi connectivity index (χ4v) is 2.44. The summed E-state index contributed by atoms with van der Waals surface area (Å²) >= 11 is 0. The highest BCUT2D eigenvalue weighted by molar-refractivity contribution is 5.37. The minimum atomic E-state index is 0.455. The zero-order chi connectivity index (χ0) is 12.1. The molecule has 1 aliphatic heterocycles. The number of rotatable bonds is 5. The second-order valence-corrected chi connectivity index (χ2v) is 4.97. The minimum absolute atomic E-state index is 0.455. The lowest BCUT2D eigenvalue weighted by molar-refractivity contribution is 0.188. The third kappa shape index (κ3) is 3.01. The van der Waals surface area contributed by atoms with Crippen LogP contribution in [0.25, 0.3) is 0 Å². The van der Waals surface area contributed by atoms with E-state index in [1.54, 1.807) is 0 Å². The molecule has 2 nitrogen and oxygen atoms in total. The van der Waals surface area contributed by atoms with Gasteiger partial charge in [0, 0.05) is 17.5 Å². The number of unbranched alkanes of at least 4 members (excludes halogenated alkanes) is 2. The predicted octanol–water partition coefficient (Wildman–Crippen LogP) is 3.54. The van der Waals surface area contributed by atoms with Crippen molar-refractivity contribution < 1.29 is 4.74 Å². The molecular weight excluding hydrogens is 210 g/mol. The maximum Gasteiger partial charge on any atom is 0.124 e. The van der Waals surface area contributed by atoms with Crippen LogP contribution in [0.4, 0.5) is 0 Å². The van der Waals surface area contributed by atoms with E-state index in [-0.39, 0.29) is 0 Å². The summed E-state index contributed by atoms with van der Waals surface area (Å²) < 4.78 is 5.75. The lowest BCUT2D eigenvalue weighted by Gasteiger charge is -2.32. The number of nitrogens with one attached hydrogen (secondary N) is 1. The predicted molar refractivity (Wildman–Crippen MR) is 71.4 cm³/mol. The largest absolute Gasteiger partial charge is 0.493 e. The molecule has 1 aromatic carbocycles. The first-order valence-corrected chi connectivity index (χ1v) is 6.78. The summed E-state index contributed by atoms with van der Waals surface area (Å²) in [6.45, 7) is 6.43. The van der Waals surface area contributed by atoms with Gasteiger partial charge in [0.25, 0.3) is 0 Å². The third-order valence-corrected chi connectivity index (χ3v) is 3.47. The lowest BCUT2D eigenvalue weighted by Crippen LogP contribution is -2.34. The van der Waals surface area contributed by atoms with Gasteiger partial charge in [0.2, 0.25) is 0 Å². The number of hydrogen-bond donors (Lipinski definition) is 1. The molecule has 2 atom stereocenters. The van der Waals surface area contributed by atoms with E-state index >= 15 is 0 Å². The van der Waals surface area contributed by atoms with Gasteiger partial charge in [0.1, 0.15) is 5.75 Å². The van der Waals surface area contributed by atoms with Crippen LogP contribution < -0.4 is 10.1 Å². The fraction of sp³-hybridized carbons (Fsp3) is 0.600. The first kappa shape index (κ1) is 12.4. The zero-order valence-corrected chi connectivity index (χ0v) is 10.9. The van der Waals surface area contributed by atoms with E-state index in [1.165, 1.54) is 24.8 Å². The van der Waals surface area contributed by atoms with Crippen molar-refractivity contribution in [1.82, 2.24) is 5.32 Å². The molecule has 0 aromatic heterocycles. The Hall–Kier alpha value is -1.02. The van der Waals surface area contributed by atoms with Crippen molar-refractivity contribution in [2.24, 2.45) is 5.92 Å². The van der Waals surface area contributed by atoms with E-state index in [4.69, 9.17) is 4.74 Å². The Bertz CT molecular complexity index is 351. The van der Waals surface area contributed by atoms with Crippen molar-refractivity contribution in [3.05, 3.63) is 29.8 Å². The Kier molecular flexibility index (Phi) is 4.43. The maximum atomic E-state index is 5.75. The molecule has 1 aromatic rings. The highest BCUT2D eigenvalue weighted by Crippen LogP contribution is 2.34. The van der Waals surface area contributed by atoms with Gasteiger partial charge in [0.05, 0.1) is 6.61 Å². The van der Waals surface area contributed by atoms with Gasteiger partial charge in [-0.3, -0.25) is 0 Å². The molecule has 1 N–H and O–H groups in total. The minimum Gasteiger partial charge on any atom is -0.493 e. The van der Waals surface area contributed by atoms with Crippen molar-refractivity contribution in [3.8, 4) is 5.75 Å². The van der Waals surface area contributed by atoms with E-state index < -0.39 is 0 Å². The number of ether oxygens (including phenoxy) is 1. The molecule has 1 heterocycles. The van der Waals surface area contributed by atoms with Crippen LogP contribution in [0.15, 0.2) is 24.3 Å². The van der Waals surface area contributed by atoms with Crippen LogP contribution in [-0.4, -0.2) is 13.2 Å². The Morgan fingerprint density at radius 1 is 1.29 bits per heavy atom. The SMILES string of the molecule is CCCCCNC1c2ccccc2OCC1C. The molecule has 2 heteroatoms. The van der Waals surface area contributed by atoms with Gasteiger partial charge >= 0.3 is 0 Å². The smallest absolute Gasteiger partial charge is 0.124 e. The van der Waals surface area contributed by atoms with Crippen LogP contribution in [-0.2, 0) is 0 Å². The molecule has 2 unspecified atom stereocenters. The van der Waals surface area contributed by atoms with Crippen LogP contribution in [0.1, 0.15) is 44.7 Å². The molecule has 2 rings (SSSR count). The van der Waals surface area contributed by atoms with Gasteiger partial charge in [-0.15, -0.1) is 0 Å². The van der Waals surface area contributed by atoms with Crippen LogP contribution in [0.5, 0.6) is 5.75 Å². The van der Waals surface area contributed by atoms with Gasteiger partial charge in [-0.05, 0) is 19.0 Å². The molecule has 0 spiro atoms. The standard InChI is InChI=1S/C15H23NO/c1-3-4-7-10-16-15-12(2)11-17-14-9-6-5-8-13(14)15/h5-6,8-9,12,15-16H,3-4,7,10-11H2,1-2H3. The van der Waals surface area contributed by atoms with Crippen molar-refractivity contribution in [1.29, 1.82) is 0 Å². The Morgan fingerprint density at radius 2 is 2.12 bits per heavy atom. The van der Waals surface area contributed by atoms with Crippen LogP contribution in [0, 0.1) is 5.92 Å². The second kappa shape index (κ2) is 6.06. The molecule has 0 amide bonds. The molecule has 0 fully saturated rings. The van der Waals surface area contributed by atoms with Gasteiger partial charge in [-0.2, -0.15) is 0 Å². The summed E-state index contributed by atoms with van der Waals surface area (Å²) in [5.74, 6) is 1.60. The first-order chi connectivity index (χ1) is 8.33. The molecule has 1 aliphatic rings.